The highest BCUT2D eigenvalue weighted by atomic mass is 32.1. The second-order valence-electron chi connectivity index (χ2n) is 3.55. The molecule has 2 aromatic heterocycles. The summed E-state index contributed by atoms with van der Waals surface area (Å²) in [5.41, 5.74) is 1.86. The largest absolute Gasteiger partial charge is 0.462 e. The summed E-state index contributed by atoms with van der Waals surface area (Å²) in [5, 5.41) is 0. The second kappa shape index (κ2) is 5.10. The van der Waals surface area contributed by atoms with E-state index in [0.717, 1.165) is 16.3 Å². The van der Waals surface area contributed by atoms with E-state index in [4.69, 9.17) is 4.74 Å². The number of thiophene rings is 1. The van der Waals surface area contributed by atoms with Gasteiger partial charge in [0, 0.05) is 5.69 Å². The third-order valence-corrected chi connectivity index (χ3v) is 3.31. The van der Waals surface area contributed by atoms with Crippen molar-refractivity contribution in [3.8, 4) is 10.6 Å². The molecule has 2 aromatic rings. The van der Waals surface area contributed by atoms with Crippen molar-refractivity contribution in [2.24, 2.45) is 0 Å². The minimum Gasteiger partial charge on any atom is -0.462 e. The lowest BCUT2D eigenvalue weighted by Gasteiger charge is -1.98. The Balaban J connectivity index is 2.27. The number of aromatic nitrogens is 1. The van der Waals surface area contributed by atoms with Crippen molar-refractivity contribution in [3.05, 3.63) is 40.9 Å². The first-order chi connectivity index (χ1) is 8.20. The Morgan fingerprint density at radius 3 is 2.88 bits per heavy atom. The summed E-state index contributed by atoms with van der Waals surface area (Å²) >= 11 is 1.41. The van der Waals surface area contributed by atoms with Gasteiger partial charge in [0.2, 0.25) is 0 Å². The van der Waals surface area contributed by atoms with E-state index in [0.29, 0.717) is 11.5 Å². The Bertz CT molecular complexity index is 534. The SMILES string of the molecule is CCOC(=O)c1ccc(-c2cccc(C)n2)s1. The molecule has 0 spiro atoms. The van der Waals surface area contributed by atoms with Crippen molar-refractivity contribution < 1.29 is 9.53 Å². The zero-order valence-corrected chi connectivity index (χ0v) is 10.6. The van der Waals surface area contributed by atoms with Crippen LogP contribution in [0, 0.1) is 6.92 Å². The molecule has 0 saturated heterocycles. The number of ether oxygens (including phenoxy) is 1. The molecule has 0 aromatic carbocycles. The summed E-state index contributed by atoms with van der Waals surface area (Å²) in [6.45, 7) is 4.15. The van der Waals surface area contributed by atoms with Gasteiger partial charge >= 0.3 is 5.97 Å². The van der Waals surface area contributed by atoms with Gasteiger partial charge in [-0.2, -0.15) is 0 Å². The van der Waals surface area contributed by atoms with Crippen molar-refractivity contribution in [2.45, 2.75) is 13.8 Å². The number of rotatable bonds is 3. The fraction of sp³-hybridized carbons (Fsp3) is 0.231. The van der Waals surface area contributed by atoms with Crippen LogP contribution >= 0.6 is 11.3 Å². The molecule has 0 aliphatic carbocycles. The number of aryl methyl sites for hydroxylation is 1. The minimum atomic E-state index is -0.267. The number of carbonyl (C=O) groups excluding carboxylic acids is 1. The zero-order chi connectivity index (χ0) is 12.3. The van der Waals surface area contributed by atoms with Crippen LogP contribution in [0.3, 0.4) is 0 Å². The van der Waals surface area contributed by atoms with Crippen LogP contribution < -0.4 is 0 Å². The van der Waals surface area contributed by atoms with Gasteiger partial charge in [-0.05, 0) is 38.1 Å². The van der Waals surface area contributed by atoms with Gasteiger partial charge < -0.3 is 4.74 Å². The molecule has 0 aliphatic rings. The Kier molecular flexibility index (Phi) is 3.54. The summed E-state index contributed by atoms with van der Waals surface area (Å²) in [6.07, 6.45) is 0. The molecule has 0 aliphatic heterocycles. The molecule has 0 unspecified atom stereocenters. The first-order valence-corrected chi connectivity index (χ1v) is 6.23. The number of nitrogens with zero attached hydrogens (tertiary/aromatic N) is 1. The Hall–Kier alpha value is -1.68. The van der Waals surface area contributed by atoms with Gasteiger partial charge in [0.05, 0.1) is 17.2 Å². The summed E-state index contributed by atoms with van der Waals surface area (Å²) < 4.78 is 4.95. The van der Waals surface area contributed by atoms with Crippen LogP contribution in [0.2, 0.25) is 0 Å². The molecule has 3 nitrogen and oxygen atoms in total. The Labute approximate surface area is 104 Å². The quantitative estimate of drug-likeness (QED) is 0.781. The molecule has 2 rings (SSSR count). The first-order valence-electron chi connectivity index (χ1n) is 5.41. The lowest BCUT2D eigenvalue weighted by molar-refractivity contribution is 0.0532. The van der Waals surface area contributed by atoms with E-state index in [1.165, 1.54) is 11.3 Å². The first kappa shape index (κ1) is 11.8. The van der Waals surface area contributed by atoms with Gasteiger partial charge in [0.25, 0.3) is 0 Å². The predicted molar refractivity (Wildman–Crippen MR) is 68.2 cm³/mol. The fourth-order valence-corrected chi connectivity index (χ4v) is 2.34. The van der Waals surface area contributed by atoms with Gasteiger partial charge in [-0.25, -0.2) is 4.79 Å². The summed E-state index contributed by atoms with van der Waals surface area (Å²) in [5.74, 6) is -0.267. The number of esters is 1. The molecule has 0 N–H and O–H groups in total. The number of hydrogen-bond acceptors (Lipinski definition) is 4. The topological polar surface area (TPSA) is 39.2 Å². The van der Waals surface area contributed by atoms with Crippen molar-refractivity contribution in [3.63, 3.8) is 0 Å². The monoisotopic (exact) mass is 247 g/mol. The van der Waals surface area contributed by atoms with E-state index >= 15 is 0 Å². The van der Waals surface area contributed by atoms with Crippen LogP contribution in [0.5, 0.6) is 0 Å². The maximum Gasteiger partial charge on any atom is 0.348 e. The van der Waals surface area contributed by atoms with Crippen LogP contribution in [-0.2, 0) is 4.74 Å². The van der Waals surface area contributed by atoms with Gasteiger partial charge in [0.15, 0.2) is 0 Å². The summed E-state index contributed by atoms with van der Waals surface area (Å²) in [6, 6.07) is 9.53. The standard InChI is InChI=1S/C13H13NO2S/c1-3-16-13(15)12-8-7-11(17-12)10-6-4-5-9(2)14-10/h4-8H,3H2,1-2H3. The van der Waals surface area contributed by atoms with Crippen molar-refractivity contribution in [1.82, 2.24) is 4.98 Å². The molecule has 88 valence electrons. The number of pyridine rings is 1. The van der Waals surface area contributed by atoms with Gasteiger partial charge in [-0.3, -0.25) is 4.98 Å². The predicted octanol–water partition coefficient (Wildman–Crippen LogP) is 3.30. The average molecular weight is 247 g/mol. The molecular formula is C13H13NO2S. The van der Waals surface area contributed by atoms with Gasteiger partial charge in [-0.15, -0.1) is 11.3 Å². The Morgan fingerprint density at radius 2 is 2.18 bits per heavy atom. The van der Waals surface area contributed by atoms with E-state index in [-0.39, 0.29) is 5.97 Å². The fourth-order valence-electron chi connectivity index (χ4n) is 1.47. The van der Waals surface area contributed by atoms with Crippen LogP contribution in [0.1, 0.15) is 22.3 Å². The average Bonchev–Trinajstić information content (AvgIpc) is 2.78. The van der Waals surface area contributed by atoms with Crippen molar-refractivity contribution in [2.75, 3.05) is 6.61 Å². The summed E-state index contributed by atoms with van der Waals surface area (Å²) in [7, 11) is 0. The third kappa shape index (κ3) is 2.71. The Morgan fingerprint density at radius 1 is 1.35 bits per heavy atom. The second-order valence-corrected chi connectivity index (χ2v) is 4.63. The highest BCUT2D eigenvalue weighted by Gasteiger charge is 2.11. The van der Waals surface area contributed by atoms with E-state index in [2.05, 4.69) is 4.98 Å². The molecule has 4 heteroatoms. The molecule has 0 bridgehead atoms. The highest BCUT2D eigenvalue weighted by Crippen LogP contribution is 2.27. The minimum absolute atomic E-state index is 0.267. The lowest BCUT2D eigenvalue weighted by Crippen LogP contribution is -2.01. The lowest BCUT2D eigenvalue weighted by atomic mass is 10.3. The molecule has 2 heterocycles. The molecular weight excluding hydrogens is 234 g/mol. The zero-order valence-electron chi connectivity index (χ0n) is 9.77. The van der Waals surface area contributed by atoms with Crippen molar-refractivity contribution in [1.29, 1.82) is 0 Å². The maximum atomic E-state index is 11.5. The van der Waals surface area contributed by atoms with Crippen molar-refractivity contribution >= 4 is 17.3 Å². The van der Waals surface area contributed by atoms with Gasteiger partial charge in [-0.1, -0.05) is 6.07 Å². The molecule has 0 amide bonds. The molecule has 0 saturated carbocycles. The molecule has 0 radical (unpaired) electrons. The number of hydrogen-bond donors (Lipinski definition) is 0. The normalized spacial score (nSPS) is 10.2. The maximum absolute atomic E-state index is 11.5. The van der Waals surface area contributed by atoms with Crippen LogP contribution in [0.25, 0.3) is 10.6 Å². The molecule has 0 fully saturated rings. The van der Waals surface area contributed by atoms with E-state index in [1.54, 1.807) is 13.0 Å². The third-order valence-electron chi connectivity index (χ3n) is 2.22. The smallest absolute Gasteiger partial charge is 0.348 e. The van der Waals surface area contributed by atoms with Crippen LogP contribution in [-0.4, -0.2) is 17.6 Å². The molecule has 0 atom stereocenters. The highest BCUT2D eigenvalue weighted by molar-refractivity contribution is 7.17. The summed E-state index contributed by atoms with van der Waals surface area (Å²) in [4.78, 5) is 17.5. The van der Waals surface area contributed by atoms with E-state index in [9.17, 15) is 4.79 Å². The van der Waals surface area contributed by atoms with E-state index < -0.39 is 0 Å². The van der Waals surface area contributed by atoms with Crippen LogP contribution in [0.4, 0.5) is 0 Å². The van der Waals surface area contributed by atoms with E-state index in [1.807, 2.05) is 31.2 Å². The number of carbonyl (C=O) groups is 1. The van der Waals surface area contributed by atoms with Crippen LogP contribution in [0.15, 0.2) is 30.3 Å². The van der Waals surface area contributed by atoms with Gasteiger partial charge in [0.1, 0.15) is 4.88 Å². The molecule has 17 heavy (non-hydrogen) atoms.